The average molecular weight is 172 g/mol. The van der Waals surface area contributed by atoms with E-state index in [2.05, 4.69) is 0 Å². The molecule has 0 aliphatic carbocycles. The van der Waals surface area contributed by atoms with Gasteiger partial charge in [-0.25, -0.2) is 4.79 Å². The second-order valence-electron chi connectivity index (χ2n) is 2.99. The third-order valence-corrected chi connectivity index (χ3v) is 1.88. The maximum Gasteiger partial charge on any atom is 0.330 e. The molecule has 0 unspecified atom stereocenters. The highest BCUT2D eigenvalue weighted by molar-refractivity contribution is 5.85. The lowest BCUT2D eigenvalue weighted by Crippen LogP contribution is -2.15. The number of aliphatic hydroxyl groups is 1. The summed E-state index contributed by atoms with van der Waals surface area (Å²) in [7, 11) is 0. The molecule has 0 saturated carbocycles. The summed E-state index contributed by atoms with van der Waals surface area (Å²) in [6.45, 7) is 5.20. The Morgan fingerprint density at radius 1 is 1.58 bits per heavy atom. The van der Waals surface area contributed by atoms with Gasteiger partial charge >= 0.3 is 5.97 Å². The minimum Gasteiger partial charge on any atom is -0.478 e. The van der Waals surface area contributed by atoms with Crippen molar-refractivity contribution in [1.82, 2.24) is 0 Å². The summed E-state index contributed by atoms with van der Waals surface area (Å²) in [5.41, 5.74) is 0.287. The zero-order valence-corrected chi connectivity index (χ0v) is 7.74. The van der Waals surface area contributed by atoms with Gasteiger partial charge in [-0.2, -0.15) is 0 Å². The standard InChI is InChI=1S/C9H16O3/c1-4-8(10)6(2)5-7(3)9(11)12/h5-6,8,10H,4H2,1-3H3,(H,11,12)/t6-,8+/m0/s1. The Morgan fingerprint density at radius 3 is 2.42 bits per heavy atom. The van der Waals surface area contributed by atoms with Crippen LogP contribution in [0.2, 0.25) is 0 Å². The Balaban J connectivity index is 4.22. The molecule has 0 fully saturated rings. The molecular weight excluding hydrogens is 156 g/mol. The van der Waals surface area contributed by atoms with E-state index in [0.717, 1.165) is 0 Å². The Bertz CT molecular complexity index is 184. The minimum absolute atomic E-state index is 0.0916. The second-order valence-corrected chi connectivity index (χ2v) is 2.99. The van der Waals surface area contributed by atoms with Crippen molar-refractivity contribution < 1.29 is 15.0 Å². The predicted molar refractivity (Wildman–Crippen MR) is 46.9 cm³/mol. The zero-order chi connectivity index (χ0) is 9.72. The fourth-order valence-corrected chi connectivity index (χ4v) is 0.948. The molecule has 0 aromatic rings. The molecular formula is C9H16O3. The molecule has 70 valence electrons. The van der Waals surface area contributed by atoms with Gasteiger partial charge in [-0.15, -0.1) is 0 Å². The van der Waals surface area contributed by atoms with Gasteiger partial charge < -0.3 is 10.2 Å². The first-order valence-electron chi connectivity index (χ1n) is 4.08. The molecule has 0 aliphatic heterocycles. The van der Waals surface area contributed by atoms with Crippen molar-refractivity contribution in [2.45, 2.75) is 33.3 Å². The number of carbonyl (C=O) groups is 1. The first-order valence-corrected chi connectivity index (χ1v) is 4.08. The fourth-order valence-electron chi connectivity index (χ4n) is 0.948. The van der Waals surface area contributed by atoms with E-state index in [1.165, 1.54) is 6.92 Å². The monoisotopic (exact) mass is 172 g/mol. The van der Waals surface area contributed by atoms with Crippen LogP contribution in [0.1, 0.15) is 27.2 Å². The maximum absolute atomic E-state index is 10.4. The minimum atomic E-state index is -0.926. The number of carboxylic acids is 1. The number of aliphatic carboxylic acids is 1. The summed E-state index contributed by atoms with van der Waals surface area (Å²) < 4.78 is 0. The van der Waals surface area contributed by atoms with Crippen LogP contribution in [0.15, 0.2) is 11.6 Å². The third kappa shape index (κ3) is 3.53. The van der Waals surface area contributed by atoms with Gasteiger partial charge in [0.2, 0.25) is 0 Å². The van der Waals surface area contributed by atoms with Gasteiger partial charge in [-0.1, -0.05) is 19.9 Å². The number of hydrogen-bond donors (Lipinski definition) is 2. The highest BCUT2D eigenvalue weighted by Crippen LogP contribution is 2.10. The van der Waals surface area contributed by atoms with Crippen molar-refractivity contribution in [2.24, 2.45) is 5.92 Å². The molecule has 2 N–H and O–H groups in total. The van der Waals surface area contributed by atoms with E-state index >= 15 is 0 Å². The Morgan fingerprint density at radius 2 is 2.08 bits per heavy atom. The van der Waals surface area contributed by atoms with Gasteiger partial charge in [-0.3, -0.25) is 0 Å². The molecule has 0 aromatic carbocycles. The van der Waals surface area contributed by atoms with E-state index in [1.54, 1.807) is 13.0 Å². The van der Waals surface area contributed by atoms with Crippen molar-refractivity contribution in [3.63, 3.8) is 0 Å². The largest absolute Gasteiger partial charge is 0.478 e. The summed E-state index contributed by atoms with van der Waals surface area (Å²) in [5, 5.41) is 17.9. The van der Waals surface area contributed by atoms with E-state index < -0.39 is 12.1 Å². The molecule has 0 bridgehead atoms. The Hall–Kier alpha value is -0.830. The summed E-state index contributed by atoms with van der Waals surface area (Å²) >= 11 is 0. The van der Waals surface area contributed by atoms with E-state index in [1.807, 2.05) is 6.92 Å². The number of rotatable bonds is 4. The molecule has 0 radical (unpaired) electrons. The first kappa shape index (κ1) is 11.2. The molecule has 0 saturated heterocycles. The molecule has 0 aliphatic rings. The van der Waals surface area contributed by atoms with E-state index in [0.29, 0.717) is 6.42 Å². The van der Waals surface area contributed by atoms with Crippen LogP contribution in [-0.4, -0.2) is 22.3 Å². The van der Waals surface area contributed by atoms with Crippen LogP contribution in [0.3, 0.4) is 0 Å². The van der Waals surface area contributed by atoms with Crippen LogP contribution in [-0.2, 0) is 4.79 Å². The summed E-state index contributed by atoms with van der Waals surface area (Å²) in [6, 6.07) is 0. The van der Waals surface area contributed by atoms with Crippen LogP contribution in [0.5, 0.6) is 0 Å². The number of hydrogen-bond acceptors (Lipinski definition) is 2. The lowest BCUT2D eigenvalue weighted by atomic mass is 10.00. The highest BCUT2D eigenvalue weighted by Gasteiger charge is 2.10. The quantitative estimate of drug-likeness (QED) is 0.630. The lowest BCUT2D eigenvalue weighted by Gasteiger charge is -2.13. The van der Waals surface area contributed by atoms with Gasteiger partial charge in [0.05, 0.1) is 6.10 Å². The predicted octanol–water partition coefficient (Wildman–Crippen LogP) is 1.42. The summed E-state index contributed by atoms with van der Waals surface area (Å²) in [6.07, 6.45) is 1.78. The molecule has 12 heavy (non-hydrogen) atoms. The topological polar surface area (TPSA) is 57.5 Å². The smallest absolute Gasteiger partial charge is 0.330 e. The van der Waals surface area contributed by atoms with Gasteiger partial charge in [0.15, 0.2) is 0 Å². The SMILES string of the molecule is CC[C@@H](O)[C@@H](C)C=C(C)C(=O)O. The van der Waals surface area contributed by atoms with E-state index in [9.17, 15) is 9.90 Å². The van der Waals surface area contributed by atoms with Crippen LogP contribution in [0, 0.1) is 5.92 Å². The van der Waals surface area contributed by atoms with Crippen molar-refractivity contribution in [3.05, 3.63) is 11.6 Å². The van der Waals surface area contributed by atoms with Gasteiger partial charge in [0.25, 0.3) is 0 Å². The molecule has 3 heteroatoms. The molecule has 2 atom stereocenters. The Labute approximate surface area is 72.7 Å². The lowest BCUT2D eigenvalue weighted by molar-refractivity contribution is -0.132. The molecule has 0 rings (SSSR count). The zero-order valence-electron chi connectivity index (χ0n) is 7.74. The van der Waals surface area contributed by atoms with Crippen molar-refractivity contribution in [2.75, 3.05) is 0 Å². The van der Waals surface area contributed by atoms with E-state index in [4.69, 9.17) is 5.11 Å². The van der Waals surface area contributed by atoms with E-state index in [-0.39, 0.29) is 11.5 Å². The molecule has 3 nitrogen and oxygen atoms in total. The average Bonchev–Trinajstić information content (AvgIpc) is 2.02. The van der Waals surface area contributed by atoms with Crippen LogP contribution in [0.4, 0.5) is 0 Å². The van der Waals surface area contributed by atoms with Gasteiger partial charge in [0, 0.05) is 11.5 Å². The number of carboxylic acid groups (broad SMARTS) is 1. The molecule has 0 amide bonds. The van der Waals surface area contributed by atoms with Gasteiger partial charge in [-0.05, 0) is 13.3 Å². The van der Waals surface area contributed by atoms with Crippen molar-refractivity contribution in [1.29, 1.82) is 0 Å². The first-order chi connectivity index (χ1) is 5.49. The van der Waals surface area contributed by atoms with Crippen LogP contribution in [0.25, 0.3) is 0 Å². The summed E-state index contributed by atoms with van der Waals surface area (Å²) in [4.78, 5) is 10.4. The van der Waals surface area contributed by atoms with Crippen molar-refractivity contribution >= 4 is 5.97 Å². The highest BCUT2D eigenvalue weighted by atomic mass is 16.4. The van der Waals surface area contributed by atoms with Gasteiger partial charge in [0.1, 0.15) is 0 Å². The number of aliphatic hydroxyl groups excluding tert-OH is 1. The van der Waals surface area contributed by atoms with Crippen LogP contribution >= 0.6 is 0 Å². The normalized spacial score (nSPS) is 17.2. The fraction of sp³-hybridized carbons (Fsp3) is 0.667. The molecule has 0 aromatic heterocycles. The molecule has 0 spiro atoms. The van der Waals surface area contributed by atoms with Crippen molar-refractivity contribution in [3.8, 4) is 0 Å². The Kier molecular flexibility index (Phi) is 4.59. The second kappa shape index (κ2) is 4.93. The summed E-state index contributed by atoms with van der Waals surface area (Å²) in [5.74, 6) is -1.02. The van der Waals surface area contributed by atoms with Crippen LogP contribution < -0.4 is 0 Å². The molecule has 0 heterocycles. The third-order valence-electron chi connectivity index (χ3n) is 1.88. The maximum atomic E-state index is 10.4.